The van der Waals surface area contributed by atoms with E-state index in [1.54, 1.807) is 0 Å². The van der Waals surface area contributed by atoms with E-state index in [4.69, 9.17) is 15.7 Å². The van der Waals surface area contributed by atoms with Crippen LogP contribution in [0, 0.1) is 16.7 Å². The second-order valence-electron chi connectivity index (χ2n) is 4.99. The maximum absolute atomic E-state index is 8.89. The number of ether oxygens (including phenoxy) is 1. The molecule has 0 saturated heterocycles. The molecule has 0 aliphatic carbocycles. The Labute approximate surface area is 117 Å². The van der Waals surface area contributed by atoms with Gasteiger partial charge in [0.25, 0.3) is 0 Å². The minimum absolute atomic E-state index is 0.238. The lowest BCUT2D eigenvalue weighted by Crippen LogP contribution is -2.08. The van der Waals surface area contributed by atoms with Crippen molar-refractivity contribution in [3.63, 3.8) is 0 Å². The summed E-state index contributed by atoms with van der Waals surface area (Å²) >= 11 is 3.42. The molecule has 1 rings (SSSR count). The number of halogens is 1. The number of anilines is 1. The number of nitriles is 1. The highest BCUT2D eigenvalue weighted by atomic mass is 79.9. The fourth-order valence-corrected chi connectivity index (χ4v) is 1.90. The zero-order valence-corrected chi connectivity index (χ0v) is 12.5. The quantitative estimate of drug-likeness (QED) is 0.635. The van der Waals surface area contributed by atoms with Crippen LogP contribution in [0.3, 0.4) is 0 Å². The number of nitrogens with zero attached hydrogens (tertiary/aromatic N) is 1. The first kappa shape index (κ1) is 14.8. The number of unbranched alkanes of at least 4 members (excludes halogenated alkanes) is 1. The lowest BCUT2D eigenvalue weighted by atomic mass is 9.89. The van der Waals surface area contributed by atoms with E-state index in [9.17, 15) is 0 Å². The van der Waals surface area contributed by atoms with Gasteiger partial charge in [0.2, 0.25) is 0 Å². The summed E-state index contributed by atoms with van der Waals surface area (Å²) in [6.45, 7) is 4.56. The number of hydrogen-bond donors (Lipinski definition) is 1. The van der Waals surface area contributed by atoms with Gasteiger partial charge in [-0.15, -0.1) is 0 Å². The van der Waals surface area contributed by atoms with Crippen molar-refractivity contribution in [1.29, 1.82) is 5.26 Å². The molecule has 0 bridgehead atoms. The van der Waals surface area contributed by atoms with Crippen molar-refractivity contribution in [2.75, 3.05) is 12.3 Å². The third-order valence-corrected chi connectivity index (χ3v) is 3.37. The van der Waals surface area contributed by atoms with Crippen LogP contribution in [-0.2, 0) is 0 Å². The summed E-state index contributed by atoms with van der Waals surface area (Å²) in [5.74, 6) is 0.773. The van der Waals surface area contributed by atoms with Gasteiger partial charge < -0.3 is 10.5 Å². The zero-order valence-electron chi connectivity index (χ0n) is 10.9. The molecular formula is C14H19BrN2O. The van der Waals surface area contributed by atoms with Crippen LogP contribution in [0.25, 0.3) is 0 Å². The highest BCUT2D eigenvalue weighted by Crippen LogP contribution is 2.27. The number of hydrogen-bond acceptors (Lipinski definition) is 3. The maximum Gasteiger partial charge on any atom is 0.135 e. The fraction of sp³-hybridized carbons (Fsp3) is 0.500. The molecule has 98 valence electrons. The van der Waals surface area contributed by atoms with Crippen LogP contribution in [-0.4, -0.2) is 6.61 Å². The van der Waals surface area contributed by atoms with Gasteiger partial charge in [0.15, 0.2) is 0 Å². The van der Waals surface area contributed by atoms with Gasteiger partial charge in [-0.1, -0.05) is 0 Å². The molecular weight excluding hydrogens is 292 g/mol. The Morgan fingerprint density at radius 2 is 2.11 bits per heavy atom. The molecule has 0 radical (unpaired) electrons. The Hall–Kier alpha value is -1.21. The van der Waals surface area contributed by atoms with Crippen molar-refractivity contribution in [2.24, 2.45) is 5.41 Å². The van der Waals surface area contributed by atoms with Gasteiger partial charge in [-0.05, 0) is 61.2 Å². The molecule has 4 heteroatoms. The van der Waals surface area contributed by atoms with E-state index >= 15 is 0 Å². The first-order valence-electron chi connectivity index (χ1n) is 6.04. The highest BCUT2D eigenvalue weighted by molar-refractivity contribution is 9.10. The van der Waals surface area contributed by atoms with Gasteiger partial charge in [-0.25, -0.2) is 0 Å². The summed E-state index contributed by atoms with van der Waals surface area (Å²) in [7, 11) is 0. The molecule has 1 aromatic rings. The first-order valence-corrected chi connectivity index (χ1v) is 6.83. The van der Waals surface area contributed by atoms with Crippen LogP contribution in [0.4, 0.5) is 5.69 Å². The van der Waals surface area contributed by atoms with E-state index in [0.29, 0.717) is 12.3 Å². The van der Waals surface area contributed by atoms with Crippen molar-refractivity contribution >= 4 is 21.6 Å². The van der Waals surface area contributed by atoms with Crippen molar-refractivity contribution in [1.82, 2.24) is 0 Å². The molecule has 0 atom stereocenters. The zero-order chi connectivity index (χ0) is 13.6. The lowest BCUT2D eigenvalue weighted by molar-refractivity contribution is 0.293. The van der Waals surface area contributed by atoms with E-state index in [-0.39, 0.29) is 5.41 Å². The molecule has 3 nitrogen and oxygen atoms in total. The minimum atomic E-state index is -0.238. The average Bonchev–Trinajstić information content (AvgIpc) is 2.33. The standard InChI is InChI=1S/C14H19BrN2O/c1-14(2,10-16)7-3-4-8-18-13-9-11(17)5-6-12(13)15/h5-6,9H,3-4,7-8,17H2,1-2H3. The topological polar surface area (TPSA) is 59.0 Å². The van der Waals surface area contributed by atoms with Crippen LogP contribution < -0.4 is 10.5 Å². The molecule has 0 spiro atoms. The van der Waals surface area contributed by atoms with Crippen LogP contribution in [0.15, 0.2) is 22.7 Å². The number of benzene rings is 1. The maximum atomic E-state index is 8.89. The third kappa shape index (κ3) is 4.97. The molecule has 0 heterocycles. The second-order valence-corrected chi connectivity index (χ2v) is 5.85. The molecule has 0 unspecified atom stereocenters. The summed E-state index contributed by atoms with van der Waals surface area (Å²) < 4.78 is 6.57. The Morgan fingerprint density at radius 3 is 2.78 bits per heavy atom. The van der Waals surface area contributed by atoms with Crippen molar-refractivity contribution in [3.05, 3.63) is 22.7 Å². The van der Waals surface area contributed by atoms with E-state index in [0.717, 1.165) is 29.5 Å². The van der Waals surface area contributed by atoms with Gasteiger partial charge in [0, 0.05) is 11.8 Å². The highest BCUT2D eigenvalue weighted by Gasteiger charge is 2.15. The minimum Gasteiger partial charge on any atom is -0.492 e. The van der Waals surface area contributed by atoms with E-state index in [1.165, 1.54) is 0 Å². The van der Waals surface area contributed by atoms with Crippen molar-refractivity contribution in [3.8, 4) is 11.8 Å². The monoisotopic (exact) mass is 310 g/mol. The number of nitrogen functional groups attached to an aromatic ring is 1. The number of nitrogens with two attached hydrogens (primary N) is 1. The molecule has 0 saturated carbocycles. The average molecular weight is 311 g/mol. The van der Waals surface area contributed by atoms with Gasteiger partial charge in [0.05, 0.1) is 22.6 Å². The van der Waals surface area contributed by atoms with Gasteiger partial charge in [-0.3, -0.25) is 0 Å². The molecule has 0 fully saturated rings. The van der Waals surface area contributed by atoms with Crippen LogP contribution in [0.2, 0.25) is 0 Å². The molecule has 18 heavy (non-hydrogen) atoms. The van der Waals surface area contributed by atoms with Crippen LogP contribution >= 0.6 is 15.9 Å². The van der Waals surface area contributed by atoms with Gasteiger partial charge >= 0.3 is 0 Å². The van der Waals surface area contributed by atoms with Crippen LogP contribution in [0.1, 0.15) is 33.1 Å². The summed E-state index contributed by atoms with van der Waals surface area (Å²) in [5.41, 5.74) is 6.15. The van der Waals surface area contributed by atoms with E-state index < -0.39 is 0 Å². The van der Waals surface area contributed by atoms with Crippen molar-refractivity contribution in [2.45, 2.75) is 33.1 Å². The molecule has 0 amide bonds. The Morgan fingerprint density at radius 1 is 1.39 bits per heavy atom. The third-order valence-electron chi connectivity index (χ3n) is 2.71. The second kappa shape index (κ2) is 6.65. The Kier molecular flexibility index (Phi) is 5.49. The van der Waals surface area contributed by atoms with Crippen LogP contribution in [0.5, 0.6) is 5.75 Å². The summed E-state index contributed by atoms with van der Waals surface area (Å²) in [4.78, 5) is 0. The first-order chi connectivity index (χ1) is 8.44. The fourth-order valence-electron chi connectivity index (χ4n) is 1.54. The van der Waals surface area contributed by atoms with E-state index in [1.807, 2.05) is 32.0 Å². The molecule has 0 aromatic heterocycles. The molecule has 0 aliphatic rings. The summed E-state index contributed by atoms with van der Waals surface area (Å²) in [5, 5.41) is 8.89. The Bertz CT molecular complexity index is 438. The largest absolute Gasteiger partial charge is 0.492 e. The predicted octanol–water partition coefficient (Wildman–Crippen LogP) is 4.13. The van der Waals surface area contributed by atoms with E-state index in [2.05, 4.69) is 22.0 Å². The predicted molar refractivity (Wildman–Crippen MR) is 77.3 cm³/mol. The normalized spacial score (nSPS) is 11.0. The SMILES string of the molecule is CC(C)(C#N)CCCCOc1cc(N)ccc1Br. The lowest BCUT2D eigenvalue weighted by Gasteiger charge is -2.14. The smallest absolute Gasteiger partial charge is 0.135 e. The summed E-state index contributed by atoms with van der Waals surface area (Å²) in [6, 6.07) is 7.81. The molecule has 1 aromatic carbocycles. The van der Waals surface area contributed by atoms with Gasteiger partial charge in [-0.2, -0.15) is 5.26 Å². The van der Waals surface area contributed by atoms with Crippen molar-refractivity contribution < 1.29 is 4.74 Å². The van der Waals surface area contributed by atoms with Gasteiger partial charge in [0.1, 0.15) is 5.75 Å². The summed E-state index contributed by atoms with van der Waals surface area (Å²) in [6.07, 6.45) is 2.82. The Balaban J connectivity index is 2.30. The molecule has 0 aliphatic heterocycles. The molecule has 2 N–H and O–H groups in total. The number of rotatable bonds is 6.